The second-order valence-corrected chi connectivity index (χ2v) is 17.9. The molecule has 0 aliphatic rings. The first-order valence-electron chi connectivity index (χ1n) is 26.6. The molecule has 0 saturated heterocycles. The molecule has 0 spiro atoms. The van der Waals surface area contributed by atoms with Gasteiger partial charge in [-0.3, -0.25) is 9.59 Å². The number of esters is 1. The average Bonchev–Trinajstić information content (AvgIpc) is 3.27. The van der Waals surface area contributed by atoms with Crippen LogP contribution in [0.5, 0.6) is 0 Å². The predicted octanol–water partition coefficient (Wildman–Crippen LogP) is 16.0. The van der Waals surface area contributed by atoms with Crippen molar-refractivity contribution in [2.75, 3.05) is 13.2 Å². The van der Waals surface area contributed by atoms with E-state index >= 15 is 0 Å². The number of ether oxygens (including phenoxy) is 1. The lowest BCUT2D eigenvalue weighted by Gasteiger charge is -2.20. The number of aliphatic hydroxyl groups is 2. The number of rotatable bonds is 48. The third kappa shape index (κ3) is 47.0. The maximum absolute atomic E-state index is 12.4. The number of nitrogens with one attached hydrogen (secondary N) is 1. The van der Waals surface area contributed by atoms with E-state index in [0.29, 0.717) is 19.4 Å². The molecule has 2 unspecified atom stereocenters. The zero-order valence-corrected chi connectivity index (χ0v) is 40.8. The normalized spacial score (nSPS) is 13.2. The molecular weight excluding hydrogens is 767 g/mol. The van der Waals surface area contributed by atoms with E-state index in [1.165, 1.54) is 141 Å². The summed E-state index contributed by atoms with van der Waals surface area (Å²) in [4.78, 5) is 24.4. The van der Waals surface area contributed by atoms with Crippen molar-refractivity contribution in [2.24, 2.45) is 0 Å². The highest BCUT2D eigenvalue weighted by molar-refractivity contribution is 5.76. The summed E-state index contributed by atoms with van der Waals surface area (Å²) in [5.41, 5.74) is 0. The van der Waals surface area contributed by atoms with Crippen molar-refractivity contribution in [3.8, 4) is 0 Å². The van der Waals surface area contributed by atoms with Gasteiger partial charge in [0.2, 0.25) is 5.91 Å². The van der Waals surface area contributed by atoms with E-state index in [0.717, 1.165) is 89.9 Å². The number of carbonyl (C=O) groups is 2. The Balaban J connectivity index is 3.58. The molecule has 0 aliphatic carbocycles. The minimum Gasteiger partial charge on any atom is -0.466 e. The number of hydrogen-bond acceptors (Lipinski definition) is 5. The quantitative estimate of drug-likeness (QED) is 0.0245. The lowest BCUT2D eigenvalue weighted by atomic mass is 10.0. The fraction of sp³-hybridized carbons (Fsp3) is 0.786. The van der Waals surface area contributed by atoms with Crippen LogP contribution in [0.1, 0.15) is 258 Å². The van der Waals surface area contributed by atoms with Gasteiger partial charge in [0.15, 0.2) is 0 Å². The SMILES string of the molecule is CCC/C=C\C/C=C\CCCCCCCC(=O)OCCCCC/C=C\C=C/CCCCCCCCC(=O)NC(CO)C(O)/C=C/CCCCCCCCCCCCCCCCC. The van der Waals surface area contributed by atoms with Gasteiger partial charge in [-0.15, -0.1) is 0 Å². The van der Waals surface area contributed by atoms with Gasteiger partial charge in [-0.25, -0.2) is 0 Å². The summed E-state index contributed by atoms with van der Waals surface area (Å²) >= 11 is 0. The van der Waals surface area contributed by atoms with Gasteiger partial charge in [-0.05, 0) is 89.9 Å². The first-order valence-corrected chi connectivity index (χ1v) is 26.6. The summed E-state index contributed by atoms with van der Waals surface area (Å²) in [6, 6.07) is -0.646. The Morgan fingerprint density at radius 3 is 1.39 bits per heavy atom. The van der Waals surface area contributed by atoms with E-state index in [1.54, 1.807) is 6.08 Å². The third-order valence-corrected chi connectivity index (χ3v) is 11.8. The largest absolute Gasteiger partial charge is 0.466 e. The monoisotopic (exact) mass is 868 g/mol. The van der Waals surface area contributed by atoms with Crippen LogP contribution in [-0.4, -0.2) is 47.4 Å². The number of hydrogen-bond donors (Lipinski definition) is 3. The van der Waals surface area contributed by atoms with Crippen LogP contribution in [0.25, 0.3) is 0 Å². The van der Waals surface area contributed by atoms with E-state index in [-0.39, 0.29) is 18.5 Å². The fourth-order valence-electron chi connectivity index (χ4n) is 7.66. The molecule has 0 aromatic heterocycles. The van der Waals surface area contributed by atoms with Crippen molar-refractivity contribution in [3.63, 3.8) is 0 Å². The lowest BCUT2D eigenvalue weighted by molar-refractivity contribution is -0.143. The van der Waals surface area contributed by atoms with Crippen LogP contribution >= 0.6 is 0 Å². The molecule has 0 fully saturated rings. The Kier molecular flexibility index (Phi) is 49.2. The highest BCUT2D eigenvalue weighted by Gasteiger charge is 2.18. The van der Waals surface area contributed by atoms with Crippen molar-refractivity contribution >= 4 is 11.9 Å². The Labute approximate surface area is 384 Å². The molecule has 0 aromatic rings. The van der Waals surface area contributed by atoms with Crippen LogP contribution < -0.4 is 5.32 Å². The van der Waals surface area contributed by atoms with Gasteiger partial charge in [-0.1, -0.05) is 216 Å². The summed E-state index contributed by atoms with van der Waals surface area (Å²) in [5, 5.41) is 23.1. The summed E-state index contributed by atoms with van der Waals surface area (Å²) < 4.78 is 5.42. The molecule has 0 bridgehead atoms. The van der Waals surface area contributed by atoms with Gasteiger partial charge >= 0.3 is 5.97 Å². The number of aliphatic hydroxyl groups excluding tert-OH is 2. The van der Waals surface area contributed by atoms with Gasteiger partial charge in [0, 0.05) is 12.8 Å². The van der Waals surface area contributed by atoms with Crippen LogP contribution in [0, 0.1) is 0 Å². The van der Waals surface area contributed by atoms with Gasteiger partial charge in [0.1, 0.15) is 0 Å². The van der Waals surface area contributed by atoms with Crippen LogP contribution in [0.2, 0.25) is 0 Å². The Bertz CT molecular complexity index is 1090. The molecule has 6 nitrogen and oxygen atoms in total. The van der Waals surface area contributed by atoms with Crippen molar-refractivity contribution in [2.45, 2.75) is 270 Å². The van der Waals surface area contributed by atoms with Crippen molar-refractivity contribution in [1.29, 1.82) is 0 Å². The summed E-state index contributed by atoms with van der Waals surface area (Å²) in [6.45, 7) is 4.77. The maximum Gasteiger partial charge on any atom is 0.305 e. The van der Waals surface area contributed by atoms with E-state index < -0.39 is 12.1 Å². The molecule has 2 atom stereocenters. The summed E-state index contributed by atoms with van der Waals surface area (Å²) in [5.74, 6) is -0.131. The first kappa shape index (κ1) is 59.6. The maximum atomic E-state index is 12.4. The average molecular weight is 868 g/mol. The van der Waals surface area contributed by atoms with Crippen LogP contribution in [-0.2, 0) is 14.3 Å². The topological polar surface area (TPSA) is 95.9 Å². The van der Waals surface area contributed by atoms with Crippen molar-refractivity contribution in [3.05, 3.63) is 60.8 Å². The lowest BCUT2D eigenvalue weighted by Crippen LogP contribution is -2.45. The molecule has 360 valence electrons. The molecule has 62 heavy (non-hydrogen) atoms. The van der Waals surface area contributed by atoms with E-state index in [1.807, 2.05) is 6.08 Å². The molecular formula is C56H101NO5. The zero-order valence-electron chi connectivity index (χ0n) is 40.8. The molecule has 1 amide bonds. The van der Waals surface area contributed by atoms with Crippen LogP contribution in [0.3, 0.4) is 0 Å². The summed E-state index contributed by atoms with van der Waals surface area (Å²) in [6.07, 6.45) is 65.1. The zero-order chi connectivity index (χ0) is 45.1. The van der Waals surface area contributed by atoms with Gasteiger partial charge in [-0.2, -0.15) is 0 Å². The number of allylic oxidation sites excluding steroid dienone is 9. The van der Waals surface area contributed by atoms with Crippen molar-refractivity contribution in [1.82, 2.24) is 5.32 Å². The van der Waals surface area contributed by atoms with Gasteiger partial charge in [0.05, 0.1) is 25.4 Å². The van der Waals surface area contributed by atoms with Crippen LogP contribution in [0.4, 0.5) is 0 Å². The second kappa shape index (κ2) is 51.2. The Morgan fingerprint density at radius 2 is 0.887 bits per heavy atom. The minimum atomic E-state index is -0.861. The minimum absolute atomic E-state index is 0.0392. The molecule has 0 aliphatic heterocycles. The molecule has 3 N–H and O–H groups in total. The van der Waals surface area contributed by atoms with Gasteiger partial charge < -0.3 is 20.3 Å². The van der Waals surface area contributed by atoms with E-state index in [2.05, 4.69) is 67.8 Å². The second-order valence-electron chi connectivity index (χ2n) is 17.9. The predicted molar refractivity (Wildman–Crippen MR) is 268 cm³/mol. The summed E-state index contributed by atoms with van der Waals surface area (Å²) in [7, 11) is 0. The number of amides is 1. The third-order valence-electron chi connectivity index (χ3n) is 11.8. The Hall–Kier alpha value is -2.44. The van der Waals surface area contributed by atoms with E-state index in [9.17, 15) is 19.8 Å². The highest BCUT2D eigenvalue weighted by Crippen LogP contribution is 2.15. The molecule has 0 aromatic carbocycles. The molecule has 6 heteroatoms. The number of unbranched alkanes of at least 4 members (excludes halogenated alkanes) is 30. The smallest absolute Gasteiger partial charge is 0.305 e. The Morgan fingerprint density at radius 1 is 0.468 bits per heavy atom. The van der Waals surface area contributed by atoms with Crippen LogP contribution in [0.15, 0.2) is 60.8 Å². The first-order chi connectivity index (χ1) is 30.5. The molecule has 0 heterocycles. The molecule has 0 saturated carbocycles. The van der Waals surface area contributed by atoms with Gasteiger partial charge in [0.25, 0.3) is 0 Å². The molecule has 0 rings (SSSR count). The standard InChI is InChI=1S/C56H101NO5/c1-3-5-7-9-11-13-15-17-18-19-21-25-28-32-36-40-44-48-54(59)53(52-58)57-55(60)49-45-41-37-33-29-26-22-20-23-27-31-35-39-43-47-51-62-56(61)50-46-42-38-34-30-24-16-14-12-10-8-6-4-2/h8,10,14,16,20,23,27,31,44,48,53-54,58-59H,3-7,9,11-13,15,17-19,21-22,24-26,28-30,32-43,45-47,49-52H2,1-2H3,(H,57,60)/b10-8-,16-14-,23-20-,31-27-,48-44+. The van der Waals surface area contributed by atoms with E-state index in [4.69, 9.17) is 4.74 Å². The van der Waals surface area contributed by atoms with Crippen molar-refractivity contribution < 1.29 is 24.5 Å². The number of carbonyl (C=O) groups excluding carboxylic acids is 2. The fourth-order valence-corrected chi connectivity index (χ4v) is 7.66. The highest BCUT2D eigenvalue weighted by atomic mass is 16.5. The molecule has 0 radical (unpaired) electrons.